The number of urea groups is 1. The molecule has 1 unspecified atom stereocenters. The second-order valence-corrected chi connectivity index (χ2v) is 10.2. The van der Waals surface area contributed by atoms with Crippen molar-refractivity contribution in [2.24, 2.45) is 5.92 Å². The topological polar surface area (TPSA) is 98.4 Å². The molecule has 4 heterocycles. The number of nitrogens with one attached hydrogen (secondary N) is 2. The molecular weight excluding hydrogens is 462 g/mol. The van der Waals surface area contributed by atoms with Gasteiger partial charge in [0.25, 0.3) is 0 Å². The number of ether oxygens (including phenoxy) is 1. The molecule has 35 heavy (non-hydrogen) atoms. The lowest BCUT2D eigenvalue weighted by Gasteiger charge is -2.23. The van der Waals surface area contributed by atoms with Crippen LogP contribution in [0.4, 0.5) is 10.5 Å². The lowest BCUT2D eigenvalue weighted by molar-refractivity contribution is 0.00273. The minimum atomic E-state index is -0.261. The molecule has 10 heteroatoms. The molecule has 0 radical (unpaired) electrons. The number of pyridine rings is 1. The number of nitrogens with zero attached hydrogens (tertiary/aromatic N) is 5. The molecule has 2 N–H and O–H groups in total. The van der Waals surface area contributed by atoms with Crippen LogP contribution in [0.25, 0.3) is 16.8 Å². The van der Waals surface area contributed by atoms with E-state index in [0.717, 1.165) is 59.0 Å². The number of aryl methyl sites for hydroxylation is 1. The Labute approximate surface area is 206 Å². The summed E-state index contributed by atoms with van der Waals surface area (Å²) < 4.78 is 12.8. The maximum atomic E-state index is 13.0. The summed E-state index contributed by atoms with van der Waals surface area (Å²) in [6, 6.07) is 10.0. The summed E-state index contributed by atoms with van der Waals surface area (Å²) in [5, 5.41) is 16.7. The van der Waals surface area contributed by atoms with E-state index in [1.807, 2.05) is 33.5 Å². The van der Waals surface area contributed by atoms with E-state index in [0.29, 0.717) is 12.5 Å². The van der Waals surface area contributed by atoms with E-state index >= 15 is 0 Å². The largest absolute Gasteiger partial charge is 0.370 e. The Morgan fingerprint density at radius 2 is 2.11 bits per heavy atom. The Morgan fingerprint density at radius 1 is 1.17 bits per heavy atom. The van der Waals surface area contributed by atoms with E-state index in [2.05, 4.69) is 37.5 Å². The van der Waals surface area contributed by atoms with Gasteiger partial charge in [-0.1, -0.05) is 12.1 Å². The van der Waals surface area contributed by atoms with Gasteiger partial charge in [-0.3, -0.25) is 13.8 Å². The second kappa shape index (κ2) is 8.39. The maximum absolute atomic E-state index is 13.0. The average molecular weight is 488 g/mol. The fourth-order valence-electron chi connectivity index (χ4n) is 5.27. The monoisotopic (exact) mass is 487 g/mol. The van der Waals surface area contributed by atoms with E-state index < -0.39 is 0 Å². The highest BCUT2D eigenvalue weighted by Gasteiger charge is 2.37. The zero-order valence-electron chi connectivity index (χ0n) is 19.1. The Bertz CT molecular complexity index is 1440. The van der Waals surface area contributed by atoms with Gasteiger partial charge in [-0.2, -0.15) is 5.10 Å². The van der Waals surface area contributed by atoms with Crippen LogP contribution in [0, 0.1) is 5.92 Å². The first-order valence-corrected chi connectivity index (χ1v) is 12.9. The summed E-state index contributed by atoms with van der Waals surface area (Å²) in [5.41, 5.74) is 7.29. The van der Waals surface area contributed by atoms with E-state index in [1.54, 1.807) is 6.33 Å². The lowest BCUT2D eigenvalue weighted by atomic mass is 9.98. The van der Waals surface area contributed by atoms with E-state index in [4.69, 9.17) is 4.74 Å². The molecular formula is C25H25N7O2S. The number of hydrogen-bond acceptors (Lipinski definition) is 6. The van der Waals surface area contributed by atoms with Crippen LogP contribution in [0.2, 0.25) is 0 Å². The lowest BCUT2D eigenvalue weighted by Crippen LogP contribution is -2.24. The first-order valence-electron chi connectivity index (χ1n) is 12.1. The van der Waals surface area contributed by atoms with Crippen molar-refractivity contribution in [2.45, 2.75) is 49.8 Å². The maximum Gasteiger partial charge on any atom is 0.329 e. The molecule has 1 fully saturated rings. The highest BCUT2D eigenvalue weighted by Crippen LogP contribution is 2.45. The van der Waals surface area contributed by atoms with Crippen molar-refractivity contribution in [3.05, 3.63) is 59.7 Å². The molecule has 178 valence electrons. The average Bonchev–Trinajstić information content (AvgIpc) is 3.25. The number of aromatic nitrogens is 5. The zero-order valence-corrected chi connectivity index (χ0v) is 19.9. The SMILES string of the molecule is O=C(NSc1cc2n(n1)CCOC2C1CC1)Nc1c(-c2ccc3nncn3c2)ccc2c1CCC2. The fraction of sp³-hybridized carbons (Fsp3) is 0.360. The van der Waals surface area contributed by atoms with Crippen LogP contribution in [0.1, 0.15) is 42.2 Å². The van der Waals surface area contributed by atoms with Crippen molar-refractivity contribution >= 4 is 29.3 Å². The summed E-state index contributed by atoms with van der Waals surface area (Å²) in [7, 11) is 0. The van der Waals surface area contributed by atoms with Crippen molar-refractivity contribution in [1.29, 1.82) is 0 Å². The Morgan fingerprint density at radius 3 is 3.03 bits per heavy atom. The standard InChI is InChI=1S/C25H25N7O2S/c33-25(30-35-22-12-20-24(16-4-5-16)34-11-10-32(20)29-22)27-23-18-3-1-2-15(18)6-8-19(23)17-7-9-21-28-26-14-31(21)13-17/h6-9,12-14,16,24H,1-5,10-11H2,(H2,27,30,33). The predicted molar refractivity (Wildman–Crippen MR) is 132 cm³/mol. The van der Waals surface area contributed by atoms with Gasteiger partial charge < -0.3 is 10.1 Å². The van der Waals surface area contributed by atoms with Gasteiger partial charge in [-0.25, -0.2) is 4.79 Å². The highest BCUT2D eigenvalue weighted by atomic mass is 32.2. The first kappa shape index (κ1) is 21.0. The van der Waals surface area contributed by atoms with Crippen molar-refractivity contribution < 1.29 is 9.53 Å². The number of carbonyl (C=O) groups excluding carboxylic acids is 1. The number of anilines is 1. The molecule has 0 spiro atoms. The van der Waals surface area contributed by atoms with Gasteiger partial charge >= 0.3 is 6.03 Å². The van der Waals surface area contributed by atoms with E-state index in [-0.39, 0.29) is 12.1 Å². The molecule has 9 nitrogen and oxygen atoms in total. The molecule has 4 aromatic rings. The molecule has 1 atom stereocenters. The third-order valence-corrected chi connectivity index (χ3v) is 7.80. The highest BCUT2D eigenvalue weighted by molar-refractivity contribution is 7.97. The predicted octanol–water partition coefficient (Wildman–Crippen LogP) is 4.39. The normalized spacial score (nSPS) is 18.9. The van der Waals surface area contributed by atoms with Gasteiger partial charge in [0.15, 0.2) is 5.65 Å². The molecule has 3 aromatic heterocycles. The van der Waals surface area contributed by atoms with Gasteiger partial charge in [-0.15, -0.1) is 10.2 Å². The first-order chi connectivity index (χ1) is 17.2. The molecule has 0 bridgehead atoms. The van der Waals surface area contributed by atoms with Gasteiger partial charge in [0.1, 0.15) is 17.5 Å². The number of hydrogen-bond donors (Lipinski definition) is 2. The second-order valence-electron chi connectivity index (χ2n) is 9.41. The summed E-state index contributed by atoms with van der Waals surface area (Å²) in [5.74, 6) is 0.607. The number of carbonyl (C=O) groups is 1. The fourth-order valence-corrected chi connectivity index (χ4v) is 5.83. The van der Waals surface area contributed by atoms with Crippen molar-refractivity contribution in [3.8, 4) is 11.1 Å². The molecule has 2 aliphatic carbocycles. The van der Waals surface area contributed by atoms with Crippen LogP contribution in [0.3, 0.4) is 0 Å². The quantitative estimate of drug-likeness (QED) is 0.405. The molecule has 1 saturated carbocycles. The summed E-state index contributed by atoms with van der Waals surface area (Å²) in [6.07, 6.45) is 9.34. The molecule has 7 rings (SSSR count). The molecule has 1 aliphatic heterocycles. The Hall–Kier alpha value is -3.37. The summed E-state index contributed by atoms with van der Waals surface area (Å²) in [4.78, 5) is 13.0. The van der Waals surface area contributed by atoms with E-state index in [1.165, 1.54) is 35.9 Å². The molecule has 0 saturated heterocycles. The molecule has 3 aliphatic rings. The van der Waals surface area contributed by atoms with Crippen molar-refractivity contribution in [2.75, 3.05) is 11.9 Å². The Balaban J connectivity index is 1.12. The third kappa shape index (κ3) is 3.86. The zero-order chi connectivity index (χ0) is 23.4. The number of rotatable bonds is 5. The molecule has 1 aromatic carbocycles. The van der Waals surface area contributed by atoms with E-state index in [9.17, 15) is 4.79 Å². The van der Waals surface area contributed by atoms with Crippen LogP contribution in [-0.2, 0) is 24.1 Å². The van der Waals surface area contributed by atoms with Crippen LogP contribution < -0.4 is 10.0 Å². The van der Waals surface area contributed by atoms with Gasteiger partial charge in [0.2, 0.25) is 0 Å². The van der Waals surface area contributed by atoms with Crippen LogP contribution >= 0.6 is 11.9 Å². The van der Waals surface area contributed by atoms with Crippen LogP contribution in [0.5, 0.6) is 0 Å². The van der Waals surface area contributed by atoms with Gasteiger partial charge in [-0.05, 0) is 67.3 Å². The number of amides is 2. The number of benzene rings is 1. The van der Waals surface area contributed by atoms with Crippen LogP contribution in [0.15, 0.2) is 47.9 Å². The molecule has 2 amide bonds. The van der Waals surface area contributed by atoms with Gasteiger partial charge in [0, 0.05) is 29.3 Å². The summed E-state index contributed by atoms with van der Waals surface area (Å²) in [6.45, 7) is 1.44. The van der Waals surface area contributed by atoms with Crippen molar-refractivity contribution in [1.82, 2.24) is 29.1 Å². The smallest absolute Gasteiger partial charge is 0.329 e. The minimum Gasteiger partial charge on any atom is -0.370 e. The third-order valence-electron chi connectivity index (χ3n) is 7.10. The number of fused-ring (bicyclic) bond motifs is 3. The van der Waals surface area contributed by atoms with Crippen LogP contribution in [-0.4, -0.2) is 37.0 Å². The minimum absolute atomic E-state index is 0.136. The van der Waals surface area contributed by atoms with Gasteiger partial charge in [0.05, 0.1) is 24.5 Å². The summed E-state index contributed by atoms with van der Waals surface area (Å²) >= 11 is 1.24. The Kier molecular flexibility index (Phi) is 5.02. The van der Waals surface area contributed by atoms with Crippen molar-refractivity contribution in [3.63, 3.8) is 0 Å².